The van der Waals surface area contributed by atoms with E-state index in [0.717, 1.165) is 72.3 Å². The Kier molecular flexibility index (Phi) is 12.8. The maximum atomic E-state index is 14.6. The second kappa shape index (κ2) is 18.1. The highest BCUT2D eigenvalue weighted by Crippen LogP contribution is 2.45. The summed E-state index contributed by atoms with van der Waals surface area (Å²) in [6.45, 7) is 4.04. The average molecular weight is 778 g/mol. The largest absolute Gasteiger partial charge is 0.492 e. The summed E-state index contributed by atoms with van der Waals surface area (Å²) in [6.07, 6.45) is 5.24. The molecule has 3 aliphatic rings. The smallest absolute Gasteiger partial charge is 0.142 e. The Morgan fingerprint density at radius 1 is 0.944 bits per heavy atom. The van der Waals surface area contributed by atoms with Crippen LogP contribution in [0.2, 0.25) is 10.0 Å². The fourth-order valence-electron chi connectivity index (χ4n) is 7.47. The number of pyridine rings is 1. The molecule has 1 N–H and O–H groups in total. The van der Waals surface area contributed by atoms with Gasteiger partial charge in [-0.3, -0.25) is 4.98 Å². The number of hydrogen-bond donors (Lipinski definition) is 1. The standard InChI is InChI=1S/C42H44Cl2F2N4O4/c43-35-19-29(24-49-37-12-17-51-26-36(37)46)40(53-25-28-18-27(21-47)22-48-23-28)20-41(35)54-38-9-8-32-31(4-1-5-33(32)38)34-6-2-7-39(42(34)44)52-16-3-13-50-14-10-30(45)11-15-50/h1-2,4-7,18-20,22-23,30,36-38,49H,3,8-17,24-26H2/t36-,37+,38-/m0/s1. The molecule has 1 aliphatic carbocycles. The van der Waals surface area contributed by atoms with E-state index in [1.807, 2.05) is 24.3 Å². The van der Waals surface area contributed by atoms with Crippen LogP contribution in [0.3, 0.4) is 0 Å². The Labute approximate surface area is 325 Å². The summed E-state index contributed by atoms with van der Waals surface area (Å²) in [6, 6.07) is 19.1. The molecule has 0 saturated carbocycles. The summed E-state index contributed by atoms with van der Waals surface area (Å²) in [5.74, 6) is 1.65. The van der Waals surface area contributed by atoms with Crippen LogP contribution in [0.1, 0.15) is 66.0 Å². The second-order valence-corrected chi connectivity index (χ2v) is 14.9. The minimum atomic E-state index is -1.11. The molecule has 4 aromatic rings. The third-order valence-corrected chi connectivity index (χ3v) is 11.1. The third-order valence-electron chi connectivity index (χ3n) is 10.4. The number of nitrogens with zero attached hydrogens (tertiary/aromatic N) is 3. The average Bonchev–Trinajstić information content (AvgIpc) is 3.60. The third kappa shape index (κ3) is 9.27. The van der Waals surface area contributed by atoms with Crippen molar-refractivity contribution in [3.63, 3.8) is 0 Å². The van der Waals surface area contributed by atoms with Crippen LogP contribution >= 0.6 is 23.2 Å². The molecule has 3 heterocycles. The molecule has 54 heavy (non-hydrogen) atoms. The molecular weight excluding hydrogens is 733 g/mol. The molecule has 0 radical (unpaired) electrons. The first-order valence-electron chi connectivity index (χ1n) is 18.7. The topological polar surface area (TPSA) is 88.9 Å². The van der Waals surface area contributed by atoms with Crippen LogP contribution in [0.25, 0.3) is 11.1 Å². The van der Waals surface area contributed by atoms with Crippen molar-refractivity contribution in [2.24, 2.45) is 0 Å². The van der Waals surface area contributed by atoms with Crippen LogP contribution in [0.4, 0.5) is 8.78 Å². The number of fused-ring (bicyclic) bond motifs is 1. The zero-order valence-corrected chi connectivity index (χ0v) is 31.6. The SMILES string of the molecule is N#Cc1cncc(COc2cc(O[C@H]3CCc4c(-c5cccc(OCCCN6CCC(F)CC6)c5Cl)cccc43)c(Cl)cc2CN[C@@H]2CCOC[C@@H]2F)c1. The molecule has 0 spiro atoms. The van der Waals surface area contributed by atoms with Gasteiger partial charge in [0, 0.05) is 74.0 Å². The summed E-state index contributed by atoms with van der Waals surface area (Å²) in [5.41, 5.74) is 6.08. The monoisotopic (exact) mass is 776 g/mol. The maximum Gasteiger partial charge on any atom is 0.142 e. The molecule has 7 rings (SSSR count). The Balaban J connectivity index is 1.07. The van der Waals surface area contributed by atoms with E-state index in [9.17, 15) is 14.0 Å². The molecule has 0 bridgehead atoms. The van der Waals surface area contributed by atoms with Crippen molar-refractivity contribution >= 4 is 23.2 Å². The van der Waals surface area contributed by atoms with Crippen molar-refractivity contribution in [1.82, 2.24) is 15.2 Å². The van der Waals surface area contributed by atoms with E-state index in [1.165, 1.54) is 6.20 Å². The lowest BCUT2D eigenvalue weighted by molar-refractivity contribution is 0.0135. The Morgan fingerprint density at radius 2 is 1.78 bits per heavy atom. The number of hydrogen-bond acceptors (Lipinski definition) is 8. The van der Waals surface area contributed by atoms with Crippen LogP contribution in [-0.4, -0.2) is 67.7 Å². The minimum absolute atomic E-state index is 0.0658. The van der Waals surface area contributed by atoms with E-state index in [4.69, 9.17) is 42.1 Å². The molecule has 3 atom stereocenters. The number of ether oxygens (including phenoxy) is 4. The Bertz CT molecular complexity index is 1950. The quantitative estimate of drug-likeness (QED) is 0.127. The highest BCUT2D eigenvalue weighted by molar-refractivity contribution is 6.35. The van der Waals surface area contributed by atoms with Gasteiger partial charge >= 0.3 is 0 Å². The number of alkyl halides is 2. The van der Waals surface area contributed by atoms with Gasteiger partial charge in [0.25, 0.3) is 0 Å². The van der Waals surface area contributed by atoms with E-state index in [-0.39, 0.29) is 25.4 Å². The van der Waals surface area contributed by atoms with Gasteiger partial charge in [-0.15, -0.1) is 0 Å². The fraction of sp³-hybridized carbons (Fsp3) is 0.429. The van der Waals surface area contributed by atoms with Gasteiger partial charge in [0.05, 0.1) is 28.8 Å². The first kappa shape index (κ1) is 38.3. The summed E-state index contributed by atoms with van der Waals surface area (Å²) in [4.78, 5) is 6.44. The minimum Gasteiger partial charge on any atom is -0.492 e. The number of rotatable bonds is 14. The van der Waals surface area contributed by atoms with E-state index in [0.29, 0.717) is 71.9 Å². The zero-order chi connectivity index (χ0) is 37.4. The highest BCUT2D eigenvalue weighted by atomic mass is 35.5. The maximum absolute atomic E-state index is 14.6. The molecule has 0 amide bonds. The van der Waals surface area contributed by atoms with E-state index >= 15 is 0 Å². The highest BCUT2D eigenvalue weighted by Gasteiger charge is 2.29. The van der Waals surface area contributed by atoms with Gasteiger partial charge in [0.15, 0.2) is 0 Å². The van der Waals surface area contributed by atoms with Crippen LogP contribution in [0, 0.1) is 11.3 Å². The van der Waals surface area contributed by atoms with Crippen molar-refractivity contribution in [3.05, 3.63) is 105 Å². The summed E-state index contributed by atoms with van der Waals surface area (Å²) < 4.78 is 52.4. The van der Waals surface area contributed by atoms with E-state index in [2.05, 4.69) is 33.4 Å². The van der Waals surface area contributed by atoms with Crippen molar-refractivity contribution in [2.45, 2.75) is 76.2 Å². The van der Waals surface area contributed by atoms with E-state index < -0.39 is 12.3 Å². The van der Waals surface area contributed by atoms with Crippen molar-refractivity contribution in [3.8, 4) is 34.4 Å². The summed E-state index contributed by atoms with van der Waals surface area (Å²) in [5, 5.41) is 13.6. The molecule has 8 nitrogen and oxygen atoms in total. The molecule has 2 aliphatic heterocycles. The van der Waals surface area contributed by atoms with Crippen LogP contribution in [-0.2, 0) is 24.3 Å². The molecule has 0 unspecified atom stereocenters. The first-order valence-corrected chi connectivity index (χ1v) is 19.4. The van der Waals surface area contributed by atoms with Gasteiger partial charge in [0.1, 0.15) is 48.4 Å². The summed E-state index contributed by atoms with van der Waals surface area (Å²) in [7, 11) is 0. The van der Waals surface area contributed by atoms with Gasteiger partial charge in [-0.2, -0.15) is 5.26 Å². The molecule has 12 heteroatoms. The predicted octanol–water partition coefficient (Wildman–Crippen LogP) is 8.99. The lowest BCUT2D eigenvalue weighted by atomic mass is 9.96. The number of likely N-dealkylation sites (tertiary alicyclic amines) is 1. The molecule has 2 saturated heterocycles. The molecular formula is C42H44Cl2F2N4O4. The molecule has 3 aromatic carbocycles. The van der Waals surface area contributed by atoms with Gasteiger partial charge in [0.2, 0.25) is 0 Å². The molecule has 1 aromatic heterocycles. The van der Waals surface area contributed by atoms with Gasteiger partial charge in [-0.1, -0.05) is 53.5 Å². The van der Waals surface area contributed by atoms with E-state index in [1.54, 1.807) is 24.4 Å². The number of benzene rings is 3. The zero-order valence-electron chi connectivity index (χ0n) is 30.0. The van der Waals surface area contributed by atoms with Crippen molar-refractivity contribution in [1.29, 1.82) is 5.26 Å². The van der Waals surface area contributed by atoms with Crippen molar-refractivity contribution < 1.29 is 27.7 Å². The number of nitrogens with one attached hydrogen (secondary N) is 1. The van der Waals surface area contributed by atoms with Gasteiger partial charge < -0.3 is 29.2 Å². The number of piperidine rings is 1. The summed E-state index contributed by atoms with van der Waals surface area (Å²) >= 11 is 13.9. The first-order chi connectivity index (χ1) is 26.4. The molecule has 2 fully saturated rings. The van der Waals surface area contributed by atoms with Gasteiger partial charge in [-0.25, -0.2) is 8.78 Å². The normalized spacial score (nSPS) is 20.3. The van der Waals surface area contributed by atoms with Gasteiger partial charge in [-0.05, 0) is 73.4 Å². The predicted molar refractivity (Wildman–Crippen MR) is 205 cm³/mol. The lowest BCUT2D eigenvalue weighted by Crippen LogP contribution is -2.43. The number of aromatic nitrogens is 1. The second-order valence-electron chi connectivity index (χ2n) is 14.1. The van der Waals surface area contributed by atoms with Crippen LogP contribution in [0.5, 0.6) is 17.2 Å². The Morgan fingerprint density at radius 3 is 2.61 bits per heavy atom. The number of nitriles is 1. The number of halogens is 4. The molecule has 284 valence electrons. The Hall–Kier alpha value is -3.98. The lowest BCUT2D eigenvalue weighted by Gasteiger charge is -2.28. The fourth-order valence-corrected chi connectivity index (χ4v) is 7.98. The van der Waals surface area contributed by atoms with Crippen LogP contribution < -0.4 is 19.5 Å². The van der Waals surface area contributed by atoms with Crippen LogP contribution in [0.15, 0.2) is 67.0 Å². The van der Waals surface area contributed by atoms with Crippen molar-refractivity contribution in [2.75, 3.05) is 39.5 Å².